The zero-order valence-corrected chi connectivity index (χ0v) is 19.2. The lowest BCUT2D eigenvalue weighted by molar-refractivity contribution is 0.340. The third-order valence-corrected chi connectivity index (χ3v) is 7.16. The third kappa shape index (κ3) is 3.75. The van der Waals surface area contributed by atoms with Gasteiger partial charge >= 0.3 is 0 Å². The number of hydrogen-bond donors (Lipinski definition) is 3. The van der Waals surface area contributed by atoms with Crippen LogP contribution in [0.15, 0.2) is 18.3 Å². The molecule has 0 amide bonds. The second kappa shape index (κ2) is 8.32. The van der Waals surface area contributed by atoms with Gasteiger partial charge in [0.1, 0.15) is 6.07 Å². The maximum atomic E-state index is 9.68. The van der Waals surface area contributed by atoms with E-state index in [4.69, 9.17) is 11.6 Å². The Hall–Kier alpha value is -3.60. The van der Waals surface area contributed by atoms with Crippen molar-refractivity contribution in [3.8, 4) is 12.1 Å². The van der Waals surface area contributed by atoms with Crippen molar-refractivity contribution in [1.29, 1.82) is 10.5 Å². The van der Waals surface area contributed by atoms with E-state index >= 15 is 0 Å². The molecule has 1 aliphatic carbocycles. The Bertz CT molecular complexity index is 1330. The van der Waals surface area contributed by atoms with Gasteiger partial charge in [-0.15, -0.1) is 5.10 Å². The second-order valence-corrected chi connectivity index (χ2v) is 9.53. The number of aromatic nitrogens is 4. The zero-order chi connectivity index (χ0) is 23.2. The highest BCUT2D eigenvalue weighted by atomic mass is 35.5. The lowest BCUT2D eigenvalue weighted by Crippen LogP contribution is -2.40. The first-order valence-corrected chi connectivity index (χ1v) is 11.9. The fraction of sp³-hybridized carbons (Fsp3) is 0.435. The van der Waals surface area contributed by atoms with Crippen molar-refractivity contribution in [2.24, 2.45) is 5.92 Å². The predicted molar refractivity (Wildman–Crippen MR) is 128 cm³/mol. The van der Waals surface area contributed by atoms with Gasteiger partial charge in [-0.25, -0.2) is 4.98 Å². The lowest BCUT2D eigenvalue weighted by Gasteiger charge is -2.24. The van der Waals surface area contributed by atoms with E-state index in [-0.39, 0.29) is 5.95 Å². The molecule has 11 heteroatoms. The Labute approximate surface area is 201 Å². The SMILES string of the molecule is N#Cc1cc(Nc2nc(NC3CC3)c3ncc(C#N)n3n2)c(Cl)c(N2C[C@@H]3CCCN[C@@H]3C2)c1. The van der Waals surface area contributed by atoms with E-state index in [9.17, 15) is 10.5 Å². The molecule has 4 heterocycles. The van der Waals surface area contributed by atoms with Crippen LogP contribution in [0, 0.1) is 28.6 Å². The summed E-state index contributed by atoms with van der Waals surface area (Å²) in [5.41, 5.74) is 2.69. The van der Waals surface area contributed by atoms with E-state index in [1.165, 1.54) is 23.6 Å². The molecule has 172 valence electrons. The van der Waals surface area contributed by atoms with E-state index in [0.717, 1.165) is 38.2 Å². The Kier molecular flexibility index (Phi) is 5.13. The summed E-state index contributed by atoms with van der Waals surface area (Å²) < 4.78 is 1.47. The minimum Gasteiger partial charge on any atom is -0.368 e. The van der Waals surface area contributed by atoms with Crippen molar-refractivity contribution in [1.82, 2.24) is 24.9 Å². The van der Waals surface area contributed by atoms with Crippen LogP contribution in [0.2, 0.25) is 5.02 Å². The van der Waals surface area contributed by atoms with Crippen molar-refractivity contribution in [2.45, 2.75) is 37.8 Å². The number of imidazole rings is 1. The van der Waals surface area contributed by atoms with Crippen molar-refractivity contribution in [2.75, 3.05) is 35.2 Å². The van der Waals surface area contributed by atoms with Gasteiger partial charge in [0.2, 0.25) is 5.95 Å². The average molecular weight is 475 g/mol. The molecular weight excluding hydrogens is 452 g/mol. The highest BCUT2D eigenvalue weighted by molar-refractivity contribution is 6.36. The van der Waals surface area contributed by atoms with E-state index in [1.54, 1.807) is 6.07 Å². The monoisotopic (exact) mass is 474 g/mol. The number of hydrogen-bond acceptors (Lipinski definition) is 9. The minimum absolute atomic E-state index is 0.268. The van der Waals surface area contributed by atoms with Crippen molar-refractivity contribution in [3.63, 3.8) is 0 Å². The van der Waals surface area contributed by atoms with Crippen LogP contribution in [0.5, 0.6) is 0 Å². The Morgan fingerprint density at radius 3 is 2.79 bits per heavy atom. The summed E-state index contributed by atoms with van der Waals surface area (Å²) in [5.74, 6) is 1.41. The van der Waals surface area contributed by atoms with Gasteiger partial charge in [-0.05, 0) is 50.3 Å². The molecule has 2 saturated heterocycles. The molecule has 0 unspecified atom stereocenters. The summed E-state index contributed by atoms with van der Waals surface area (Å²) in [6.45, 7) is 2.81. The largest absolute Gasteiger partial charge is 0.368 e. The van der Waals surface area contributed by atoms with Crippen molar-refractivity contribution in [3.05, 3.63) is 34.6 Å². The summed E-state index contributed by atoms with van der Waals surface area (Å²) in [5, 5.41) is 34.3. The summed E-state index contributed by atoms with van der Waals surface area (Å²) in [4.78, 5) is 11.2. The van der Waals surface area contributed by atoms with Gasteiger partial charge in [0.25, 0.3) is 0 Å². The Morgan fingerprint density at radius 2 is 2.03 bits per heavy atom. The van der Waals surface area contributed by atoms with Gasteiger partial charge < -0.3 is 20.9 Å². The summed E-state index contributed by atoms with van der Waals surface area (Å²) in [6, 6.07) is 8.69. The molecule has 3 fully saturated rings. The number of nitriles is 2. The normalized spacial score (nSPS) is 21.7. The number of benzene rings is 1. The topological polar surface area (TPSA) is 130 Å². The van der Waals surface area contributed by atoms with Crippen LogP contribution < -0.4 is 20.9 Å². The molecule has 6 rings (SSSR count). The van der Waals surface area contributed by atoms with Gasteiger partial charge in [0, 0.05) is 25.2 Å². The molecule has 0 bridgehead atoms. The van der Waals surface area contributed by atoms with Crippen molar-refractivity contribution < 1.29 is 0 Å². The van der Waals surface area contributed by atoms with Gasteiger partial charge in [-0.1, -0.05) is 11.6 Å². The molecule has 3 aromatic rings. The molecule has 34 heavy (non-hydrogen) atoms. The highest BCUT2D eigenvalue weighted by Gasteiger charge is 2.35. The number of anilines is 4. The standard InChI is InChI=1S/C23H23ClN10/c24-20-17(6-13(8-25)7-19(20)33-11-14-2-1-5-27-18(14)12-33)30-23-31-21(29-15-3-4-15)22-28-10-16(9-26)34(22)32-23/h6-7,10,14-15,18,27H,1-5,11-12H2,(H2,29,30,31,32)/t14-,18+/m0/s1. The molecule has 2 atom stereocenters. The zero-order valence-electron chi connectivity index (χ0n) is 18.4. The predicted octanol–water partition coefficient (Wildman–Crippen LogP) is 3.03. The van der Waals surface area contributed by atoms with Gasteiger partial charge in [-0.3, -0.25) is 0 Å². The van der Waals surface area contributed by atoms with Crippen LogP contribution in [0.25, 0.3) is 5.65 Å². The Balaban J connectivity index is 1.37. The molecule has 2 aromatic heterocycles. The van der Waals surface area contributed by atoms with E-state index in [1.807, 2.05) is 6.07 Å². The maximum Gasteiger partial charge on any atom is 0.247 e. The first kappa shape index (κ1) is 21.0. The lowest BCUT2D eigenvalue weighted by atomic mass is 9.94. The van der Waals surface area contributed by atoms with Gasteiger partial charge in [0.15, 0.2) is 17.2 Å². The maximum absolute atomic E-state index is 9.68. The van der Waals surface area contributed by atoms with Crippen LogP contribution in [0.4, 0.5) is 23.1 Å². The average Bonchev–Trinajstić information content (AvgIpc) is 3.40. The molecule has 2 aliphatic heterocycles. The van der Waals surface area contributed by atoms with Crippen LogP contribution >= 0.6 is 11.6 Å². The first-order chi connectivity index (χ1) is 16.6. The minimum atomic E-state index is 0.268. The molecular formula is C23H23ClN10. The third-order valence-electron chi connectivity index (χ3n) is 6.76. The van der Waals surface area contributed by atoms with Gasteiger partial charge in [0.05, 0.1) is 34.2 Å². The molecule has 10 nitrogen and oxygen atoms in total. The molecule has 0 radical (unpaired) electrons. The second-order valence-electron chi connectivity index (χ2n) is 9.15. The quantitative estimate of drug-likeness (QED) is 0.510. The smallest absolute Gasteiger partial charge is 0.247 e. The fourth-order valence-electron chi connectivity index (χ4n) is 4.89. The van der Waals surface area contributed by atoms with Crippen LogP contribution in [-0.4, -0.2) is 51.3 Å². The highest BCUT2D eigenvalue weighted by Crippen LogP contribution is 2.39. The van der Waals surface area contributed by atoms with Gasteiger partial charge in [-0.2, -0.15) is 20.0 Å². The van der Waals surface area contributed by atoms with Crippen LogP contribution in [-0.2, 0) is 0 Å². The molecule has 3 aliphatic rings. The molecule has 0 spiro atoms. The van der Waals surface area contributed by atoms with E-state index in [0.29, 0.717) is 51.4 Å². The van der Waals surface area contributed by atoms with Crippen LogP contribution in [0.3, 0.4) is 0 Å². The number of fused-ring (bicyclic) bond motifs is 2. The number of halogens is 1. The summed E-state index contributed by atoms with van der Waals surface area (Å²) >= 11 is 6.88. The molecule has 1 aromatic carbocycles. The summed E-state index contributed by atoms with van der Waals surface area (Å²) in [7, 11) is 0. The van der Waals surface area contributed by atoms with E-state index in [2.05, 4.69) is 48.1 Å². The van der Waals surface area contributed by atoms with Crippen LogP contribution in [0.1, 0.15) is 36.9 Å². The summed E-state index contributed by atoms with van der Waals surface area (Å²) in [6.07, 6.45) is 6.00. The van der Waals surface area contributed by atoms with E-state index < -0.39 is 0 Å². The van der Waals surface area contributed by atoms with Crippen molar-refractivity contribution >= 4 is 40.4 Å². The number of nitrogens with one attached hydrogen (secondary N) is 3. The number of nitrogens with zero attached hydrogens (tertiary/aromatic N) is 7. The fourth-order valence-corrected chi connectivity index (χ4v) is 5.16. The number of piperidine rings is 1. The number of rotatable bonds is 5. The molecule has 3 N–H and O–H groups in total. The first-order valence-electron chi connectivity index (χ1n) is 11.5. The molecule has 1 saturated carbocycles. The Morgan fingerprint density at radius 1 is 1.15 bits per heavy atom.